The Kier molecular flexibility index (Phi) is 12.2. The molecule has 22 heavy (non-hydrogen) atoms. The van der Waals surface area contributed by atoms with Crippen molar-refractivity contribution in [2.24, 2.45) is 0 Å². The van der Waals surface area contributed by atoms with Crippen LogP contribution >= 0.6 is 0 Å². The van der Waals surface area contributed by atoms with E-state index in [1.807, 2.05) is 0 Å². The largest absolute Gasteiger partial charge is 0.457 e. The molecule has 0 N–H and O–H groups in total. The van der Waals surface area contributed by atoms with Gasteiger partial charge in [-0.25, -0.2) is 4.79 Å². The fourth-order valence-electron chi connectivity index (χ4n) is 2.58. The Bertz CT molecular complexity index is 300. The van der Waals surface area contributed by atoms with Crippen LogP contribution in [0.5, 0.6) is 0 Å². The maximum Gasteiger partial charge on any atom is 0.330 e. The summed E-state index contributed by atoms with van der Waals surface area (Å²) in [7, 11) is 4.44. The second kappa shape index (κ2) is 12.7. The van der Waals surface area contributed by atoms with Gasteiger partial charge in [0.15, 0.2) is 0 Å². The molecule has 0 aliphatic heterocycles. The molecule has 1 unspecified atom stereocenters. The normalized spacial score (nSPS) is 12.9. The summed E-state index contributed by atoms with van der Waals surface area (Å²) in [6, 6.07) is 0.600. The van der Waals surface area contributed by atoms with Gasteiger partial charge >= 0.3 is 5.97 Å². The van der Waals surface area contributed by atoms with Crippen LogP contribution in [0.25, 0.3) is 0 Å². The predicted molar refractivity (Wildman–Crippen MR) is 94.8 cm³/mol. The third kappa shape index (κ3) is 10.8. The lowest BCUT2D eigenvalue weighted by Gasteiger charge is -2.36. The first-order chi connectivity index (χ1) is 10.4. The van der Waals surface area contributed by atoms with Gasteiger partial charge in [-0.15, -0.1) is 0 Å². The molecule has 1 atom stereocenters. The number of hydrogen-bond donors (Lipinski definition) is 0. The maximum absolute atomic E-state index is 11.1. The summed E-state index contributed by atoms with van der Waals surface area (Å²) in [6.07, 6.45) is 13.4. The molecule has 0 aliphatic rings. The Morgan fingerprint density at radius 1 is 1.09 bits per heavy atom. The highest BCUT2D eigenvalue weighted by atomic mass is 16.5. The van der Waals surface area contributed by atoms with E-state index in [1.165, 1.54) is 63.9 Å². The van der Waals surface area contributed by atoms with Crippen LogP contribution in [0.3, 0.4) is 0 Å². The molecule has 0 aromatic carbocycles. The smallest absolute Gasteiger partial charge is 0.330 e. The average molecular weight is 313 g/mol. The second-order valence-corrected chi connectivity index (χ2v) is 6.99. The van der Waals surface area contributed by atoms with E-state index >= 15 is 0 Å². The summed E-state index contributed by atoms with van der Waals surface area (Å²) >= 11 is 0. The molecule has 0 aromatic heterocycles. The van der Waals surface area contributed by atoms with Crippen LogP contribution in [0.4, 0.5) is 0 Å². The van der Waals surface area contributed by atoms with Gasteiger partial charge in [-0.2, -0.15) is 0 Å². The van der Waals surface area contributed by atoms with Crippen LogP contribution in [0.15, 0.2) is 12.7 Å². The van der Waals surface area contributed by atoms with E-state index < -0.39 is 0 Å². The first-order valence-electron chi connectivity index (χ1n) is 9.06. The second-order valence-electron chi connectivity index (χ2n) is 6.99. The van der Waals surface area contributed by atoms with Crippen molar-refractivity contribution < 1.29 is 14.0 Å². The molecule has 0 heterocycles. The van der Waals surface area contributed by atoms with Crippen molar-refractivity contribution in [3.05, 3.63) is 12.7 Å². The fraction of sp³-hybridized carbons (Fsp3) is 0.842. The van der Waals surface area contributed by atoms with Crippen LogP contribution in [-0.4, -0.2) is 43.7 Å². The standard InChI is InChI=1S/C19H38NO2/c1-6-8-9-10-11-12-13-14-15-18(3)20(4,5)16-17-22-19(21)7-2/h7,18H,2,6,8-17H2,1,3-5H3/q+1. The topological polar surface area (TPSA) is 26.3 Å². The predicted octanol–water partition coefficient (Wildman–Crippen LogP) is 4.71. The Morgan fingerprint density at radius 2 is 1.64 bits per heavy atom. The number of unbranched alkanes of at least 4 members (excludes halogenated alkanes) is 7. The zero-order valence-corrected chi connectivity index (χ0v) is 15.4. The van der Waals surface area contributed by atoms with E-state index in [1.54, 1.807) is 0 Å². The summed E-state index contributed by atoms with van der Waals surface area (Å²) in [4.78, 5) is 11.1. The van der Waals surface area contributed by atoms with Crippen molar-refractivity contribution in [1.82, 2.24) is 0 Å². The van der Waals surface area contributed by atoms with Crippen LogP contribution in [0.1, 0.15) is 71.6 Å². The number of ether oxygens (including phenoxy) is 1. The van der Waals surface area contributed by atoms with Crippen molar-refractivity contribution in [2.75, 3.05) is 27.2 Å². The molecule has 0 rings (SSSR count). The van der Waals surface area contributed by atoms with Crippen molar-refractivity contribution in [2.45, 2.75) is 77.7 Å². The molecule has 0 aliphatic carbocycles. The monoisotopic (exact) mass is 312 g/mol. The van der Waals surface area contributed by atoms with E-state index in [2.05, 4.69) is 34.5 Å². The van der Waals surface area contributed by atoms with Gasteiger partial charge in [0.25, 0.3) is 0 Å². The summed E-state index contributed by atoms with van der Waals surface area (Å²) in [6.45, 7) is 9.31. The summed E-state index contributed by atoms with van der Waals surface area (Å²) < 4.78 is 6.00. The third-order valence-electron chi connectivity index (χ3n) is 4.75. The number of esters is 1. The number of quaternary nitrogens is 1. The molecular formula is C19H38NO2+. The van der Waals surface area contributed by atoms with Crippen molar-refractivity contribution in [3.8, 4) is 0 Å². The Labute approximate surface area is 138 Å². The van der Waals surface area contributed by atoms with E-state index in [-0.39, 0.29) is 5.97 Å². The Morgan fingerprint density at radius 3 is 2.18 bits per heavy atom. The molecule has 0 radical (unpaired) electrons. The minimum Gasteiger partial charge on any atom is -0.457 e. The summed E-state index contributed by atoms with van der Waals surface area (Å²) in [5, 5.41) is 0. The van der Waals surface area contributed by atoms with Gasteiger partial charge in [0.1, 0.15) is 13.2 Å². The number of nitrogens with zero attached hydrogens (tertiary/aromatic N) is 1. The SMILES string of the molecule is C=CC(=O)OCC[N+](C)(C)C(C)CCCCCCCCCC. The zero-order valence-electron chi connectivity index (χ0n) is 15.4. The highest BCUT2D eigenvalue weighted by Gasteiger charge is 2.23. The summed E-state index contributed by atoms with van der Waals surface area (Å²) in [5.41, 5.74) is 0. The van der Waals surface area contributed by atoms with Crippen LogP contribution in [0.2, 0.25) is 0 Å². The van der Waals surface area contributed by atoms with E-state index in [4.69, 9.17) is 4.74 Å². The van der Waals surface area contributed by atoms with Crippen LogP contribution in [-0.2, 0) is 9.53 Å². The molecule has 3 heteroatoms. The van der Waals surface area contributed by atoms with Crippen LogP contribution < -0.4 is 0 Å². The molecule has 0 aromatic rings. The first-order valence-corrected chi connectivity index (χ1v) is 9.06. The number of likely N-dealkylation sites (N-methyl/N-ethyl adjacent to an activating group) is 1. The van der Waals surface area contributed by atoms with Gasteiger partial charge < -0.3 is 9.22 Å². The summed E-state index contributed by atoms with van der Waals surface area (Å²) in [5.74, 6) is -0.323. The van der Waals surface area contributed by atoms with E-state index in [0.29, 0.717) is 12.6 Å². The highest BCUT2D eigenvalue weighted by molar-refractivity contribution is 5.81. The molecule has 0 saturated carbocycles. The van der Waals surface area contributed by atoms with Gasteiger partial charge in [0, 0.05) is 6.08 Å². The van der Waals surface area contributed by atoms with Gasteiger partial charge in [-0.1, -0.05) is 58.4 Å². The van der Waals surface area contributed by atoms with Gasteiger partial charge in [0.05, 0.1) is 20.1 Å². The number of rotatable bonds is 14. The molecule has 0 spiro atoms. The van der Waals surface area contributed by atoms with Gasteiger partial charge in [-0.05, 0) is 19.8 Å². The van der Waals surface area contributed by atoms with Crippen molar-refractivity contribution >= 4 is 5.97 Å². The highest BCUT2D eigenvalue weighted by Crippen LogP contribution is 2.16. The maximum atomic E-state index is 11.1. The lowest BCUT2D eigenvalue weighted by molar-refractivity contribution is -0.913. The van der Waals surface area contributed by atoms with Gasteiger partial charge in [0.2, 0.25) is 0 Å². The molecule has 0 amide bonds. The minimum absolute atomic E-state index is 0.323. The lowest BCUT2D eigenvalue weighted by atomic mass is 10.0. The Hall–Kier alpha value is -0.830. The van der Waals surface area contributed by atoms with E-state index in [0.717, 1.165) is 11.0 Å². The quantitative estimate of drug-likeness (QED) is 0.201. The Balaban J connectivity index is 3.68. The number of carbonyl (C=O) groups excluding carboxylic acids is 1. The molecular weight excluding hydrogens is 274 g/mol. The molecule has 0 fully saturated rings. The zero-order chi connectivity index (χ0) is 16.8. The number of hydrogen-bond acceptors (Lipinski definition) is 2. The van der Waals surface area contributed by atoms with Gasteiger partial charge in [-0.3, -0.25) is 0 Å². The fourth-order valence-corrected chi connectivity index (χ4v) is 2.58. The van der Waals surface area contributed by atoms with E-state index in [9.17, 15) is 4.79 Å². The molecule has 0 saturated heterocycles. The van der Waals surface area contributed by atoms with Crippen LogP contribution in [0, 0.1) is 0 Å². The molecule has 0 bridgehead atoms. The third-order valence-corrected chi connectivity index (χ3v) is 4.75. The van der Waals surface area contributed by atoms with Crippen molar-refractivity contribution in [3.63, 3.8) is 0 Å². The minimum atomic E-state index is -0.323. The van der Waals surface area contributed by atoms with Crippen molar-refractivity contribution in [1.29, 1.82) is 0 Å². The number of carbonyl (C=O) groups is 1. The first kappa shape index (κ1) is 21.2. The molecule has 130 valence electrons. The molecule has 3 nitrogen and oxygen atoms in total. The lowest BCUT2D eigenvalue weighted by Crippen LogP contribution is -2.49. The average Bonchev–Trinajstić information content (AvgIpc) is 2.49.